The Bertz CT molecular complexity index is 1090. The highest BCUT2D eigenvalue weighted by molar-refractivity contribution is 14.0. The molecule has 8 nitrogen and oxygen atoms in total. The summed E-state index contributed by atoms with van der Waals surface area (Å²) in [7, 11) is 1.73. The number of imide groups is 1. The number of carbonyl (C=O) groups excluding carboxylic acids is 2. The Morgan fingerprint density at radius 3 is 2.44 bits per heavy atom. The van der Waals surface area contributed by atoms with E-state index in [0.717, 1.165) is 23.1 Å². The van der Waals surface area contributed by atoms with Crippen molar-refractivity contribution in [3.8, 4) is 0 Å². The molecule has 2 aromatic rings. The second kappa shape index (κ2) is 10.7. The Balaban J connectivity index is 0.00000274. The van der Waals surface area contributed by atoms with Crippen molar-refractivity contribution < 1.29 is 9.59 Å². The minimum atomic E-state index is -0.112. The number of benzene rings is 1. The van der Waals surface area contributed by atoms with E-state index in [9.17, 15) is 9.59 Å². The molecule has 4 unspecified atom stereocenters. The van der Waals surface area contributed by atoms with E-state index in [2.05, 4.69) is 44.1 Å². The standard InChI is InChI=1S/C25H30N6O2.HI/c1-26-25(29-13-12-27-20-10-9-16-5-2-3-6-19(16)30-20)28-11-4-14-31-23(32)21-17-7-8-18(15-17)22(21)24(31)33;/h2-3,5-10,17-18,21-22H,4,11-15H2,1H3,(H,27,30)(H2,26,28,29);1H. The maximum Gasteiger partial charge on any atom is 0.233 e. The Kier molecular flexibility index (Phi) is 7.70. The third-order valence-electron chi connectivity index (χ3n) is 6.96. The number of guanidine groups is 1. The number of hydrogen-bond donors (Lipinski definition) is 3. The molecule has 180 valence electrons. The Morgan fingerprint density at radius 1 is 1.00 bits per heavy atom. The van der Waals surface area contributed by atoms with Gasteiger partial charge in [-0.1, -0.05) is 30.4 Å². The number of para-hydroxylation sites is 1. The first-order chi connectivity index (χ1) is 16.2. The molecule has 1 aromatic carbocycles. The van der Waals surface area contributed by atoms with Crippen LogP contribution in [0.4, 0.5) is 5.82 Å². The van der Waals surface area contributed by atoms with Gasteiger partial charge in [0.05, 0.1) is 17.4 Å². The molecule has 0 radical (unpaired) electrons. The molecular weight excluding hydrogens is 543 g/mol. The maximum atomic E-state index is 12.7. The van der Waals surface area contributed by atoms with E-state index in [1.54, 1.807) is 7.05 Å². The molecule has 1 aliphatic heterocycles. The smallest absolute Gasteiger partial charge is 0.233 e. The van der Waals surface area contributed by atoms with E-state index in [1.807, 2.05) is 30.3 Å². The van der Waals surface area contributed by atoms with E-state index in [4.69, 9.17) is 0 Å². The van der Waals surface area contributed by atoms with E-state index < -0.39 is 0 Å². The van der Waals surface area contributed by atoms with Crippen molar-refractivity contribution >= 4 is 58.5 Å². The number of rotatable bonds is 8. The monoisotopic (exact) mass is 574 g/mol. The molecule has 2 aliphatic carbocycles. The third kappa shape index (κ3) is 4.75. The number of allylic oxidation sites excluding steroid dienone is 2. The topological polar surface area (TPSA) is 98.7 Å². The number of likely N-dealkylation sites (tertiary alicyclic amines) is 1. The zero-order valence-corrected chi connectivity index (χ0v) is 21.6. The lowest BCUT2D eigenvalue weighted by atomic mass is 9.85. The number of fused-ring (bicyclic) bond motifs is 6. The predicted octanol–water partition coefficient (Wildman–Crippen LogP) is 2.63. The lowest BCUT2D eigenvalue weighted by molar-refractivity contribution is -0.140. The fourth-order valence-corrected chi connectivity index (χ4v) is 5.38. The van der Waals surface area contributed by atoms with Crippen LogP contribution < -0.4 is 16.0 Å². The molecule has 2 amide bonds. The van der Waals surface area contributed by atoms with Crippen LogP contribution in [0.25, 0.3) is 10.9 Å². The van der Waals surface area contributed by atoms with Gasteiger partial charge in [-0.2, -0.15) is 0 Å². The SMILES string of the molecule is CN=C(NCCCN1C(=O)C2C3C=CC(C3)C2C1=O)NCCNc1ccc2ccccc2n1.I. The van der Waals surface area contributed by atoms with Gasteiger partial charge in [0.15, 0.2) is 5.96 Å². The molecule has 5 rings (SSSR count). The number of nitrogens with zero attached hydrogens (tertiary/aromatic N) is 3. The van der Waals surface area contributed by atoms with Gasteiger partial charge in [-0.15, -0.1) is 24.0 Å². The van der Waals surface area contributed by atoms with Crippen molar-refractivity contribution in [2.75, 3.05) is 38.5 Å². The van der Waals surface area contributed by atoms with Crippen LogP contribution in [0.3, 0.4) is 0 Å². The van der Waals surface area contributed by atoms with Crippen LogP contribution in [0.15, 0.2) is 53.5 Å². The van der Waals surface area contributed by atoms with Crippen molar-refractivity contribution in [2.45, 2.75) is 12.8 Å². The van der Waals surface area contributed by atoms with Gasteiger partial charge in [0.1, 0.15) is 5.82 Å². The molecule has 9 heteroatoms. The Morgan fingerprint density at radius 2 is 1.71 bits per heavy atom. The van der Waals surface area contributed by atoms with Crippen molar-refractivity contribution in [3.05, 3.63) is 48.6 Å². The number of aromatic nitrogens is 1. The molecule has 2 bridgehead atoms. The average molecular weight is 574 g/mol. The highest BCUT2D eigenvalue weighted by atomic mass is 127. The highest BCUT2D eigenvalue weighted by Crippen LogP contribution is 2.52. The van der Waals surface area contributed by atoms with Crippen LogP contribution in [0.2, 0.25) is 0 Å². The first-order valence-corrected chi connectivity index (χ1v) is 11.7. The van der Waals surface area contributed by atoms with E-state index in [-0.39, 0.29) is 59.5 Å². The van der Waals surface area contributed by atoms with Gasteiger partial charge in [-0.25, -0.2) is 4.98 Å². The molecular formula is C25H31IN6O2. The van der Waals surface area contributed by atoms with Crippen molar-refractivity contribution in [1.29, 1.82) is 0 Å². The molecule has 2 fully saturated rings. The van der Waals surface area contributed by atoms with Crippen LogP contribution >= 0.6 is 24.0 Å². The summed E-state index contributed by atoms with van der Waals surface area (Å²) in [5.74, 6) is 1.89. The van der Waals surface area contributed by atoms with Crippen LogP contribution in [0.5, 0.6) is 0 Å². The third-order valence-corrected chi connectivity index (χ3v) is 6.96. The Hall–Kier alpha value is -2.69. The highest BCUT2D eigenvalue weighted by Gasteiger charge is 2.58. The summed E-state index contributed by atoms with van der Waals surface area (Å²) < 4.78 is 0. The van der Waals surface area contributed by atoms with E-state index in [0.29, 0.717) is 38.6 Å². The minimum absolute atomic E-state index is 0. The second-order valence-corrected chi connectivity index (χ2v) is 8.92. The zero-order valence-electron chi connectivity index (χ0n) is 19.2. The van der Waals surface area contributed by atoms with E-state index >= 15 is 0 Å². The first kappa shape index (κ1) is 24.4. The number of carbonyl (C=O) groups is 2. The van der Waals surface area contributed by atoms with Gasteiger partial charge < -0.3 is 16.0 Å². The van der Waals surface area contributed by atoms with Gasteiger partial charge >= 0.3 is 0 Å². The van der Waals surface area contributed by atoms with Crippen molar-refractivity contribution in [3.63, 3.8) is 0 Å². The zero-order chi connectivity index (χ0) is 22.8. The van der Waals surface area contributed by atoms with Crippen LogP contribution in [-0.4, -0.2) is 60.9 Å². The summed E-state index contributed by atoms with van der Waals surface area (Å²) in [4.78, 5) is 35.8. The number of anilines is 1. The van der Waals surface area contributed by atoms with Crippen LogP contribution in [0.1, 0.15) is 12.8 Å². The number of aliphatic imine (C=N–C) groups is 1. The first-order valence-electron chi connectivity index (χ1n) is 11.7. The van der Waals surface area contributed by atoms with Crippen molar-refractivity contribution in [1.82, 2.24) is 20.5 Å². The van der Waals surface area contributed by atoms with Gasteiger partial charge in [0.2, 0.25) is 11.8 Å². The summed E-state index contributed by atoms with van der Waals surface area (Å²) in [5, 5.41) is 11.0. The van der Waals surface area contributed by atoms with Crippen molar-refractivity contribution in [2.24, 2.45) is 28.7 Å². The number of pyridine rings is 1. The molecule has 34 heavy (non-hydrogen) atoms. The number of amides is 2. The molecule has 1 saturated heterocycles. The normalized spacial score (nSPS) is 25.0. The number of nitrogens with one attached hydrogen (secondary N) is 3. The fourth-order valence-electron chi connectivity index (χ4n) is 5.38. The van der Waals surface area contributed by atoms with Gasteiger partial charge in [-0.3, -0.25) is 19.5 Å². The number of halogens is 1. The molecule has 3 aliphatic rings. The van der Waals surface area contributed by atoms with Crippen LogP contribution in [0, 0.1) is 23.7 Å². The maximum absolute atomic E-state index is 12.7. The van der Waals surface area contributed by atoms with Crippen LogP contribution in [-0.2, 0) is 9.59 Å². The predicted molar refractivity (Wildman–Crippen MR) is 144 cm³/mol. The summed E-state index contributed by atoms with van der Waals surface area (Å²) in [5.41, 5.74) is 0.968. The minimum Gasteiger partial charge on any atom is -0.368 e. The largest absolute Gasteiger partial charge is 0.368 e. The summed E-state index contributed by atoms with van der Waals surface area (Å²) >= 11 is 0. The summed E-state index contributed by atoms with van der Waals surface area (Å²) in [6, 6.07) is 12.1. The average Bonchev–Trinajstić information content (AvgIpc) is 3.52. The number of hydrogen-bond acceptors (Lipinski definition) is 5. The summed E-state index contributed by atoms with van der Waals surface area (Å²) in [6.45, 7) is 2.47. The molecule has 0 spiro atoms. The van der Waals surface area contributed by atoms with Gasteiger partial charge in [-0.05, 0) is 42.9 Å². The Labute approximate surface area is 216 Å². The van der Waals surface area contributed by atoms with Gasteiger partial charge in [0, 0.05) is 38.6 Å². The summed E-state index contributed by atoms with van der Waals surface area (Å²) in [6.07, 6.45) is 5.92. The molecule has 3 N–H and O–H groups in total. The van der Waals surface area contributed by atoms with Gasteiger partial charge in [0.25, 0.3) is 0 Å². The lowest BCUT2D eigenvalue weighted by Crippen LogP contribution is -2.41. The van der Waals surface area contributed by atoms with E-state index in [1.165, 1.54) is 4.90 Å². The molecule has 4 atom stereocenters. The molecule has 1 saturated carbocycles. The lowest BCUT2D eigenvalue weighted by Gasteiger charge is -2.18. The molecule has 2 heterocycles. The second-order valence-electron chi connectivity index (χ2n) is 8.92. The quantitative estimate of drug-likeness (QED) is 0.112. The fraction of sp³-hybridized carbons (Fsp3) is 0.440. The molecule has 1 aromatic heterocycles.